The molecule has 1 aromatic rings. The fraction of sp³-hybridized carbons (Fsp3) is 0.667. The van der Waals surface area contributed by atoms with Crippen LogP contribution >= 0.6 is 11.3 Å². The Morgan fingerprint density at radius 3 is 2.45 bits per heavy atom. The number of likely N-dealkylation sites (tertiary alicyclic amines) is 2. The number of hydrogen-bond acceptors (Lipinski definition) is 4. The number of carbonyl (C=O) groups excluding carboxylic acids is 1. The molecule has 2 aliphatic heterocycles. The second-order valence-corrected chi connectivity index (χ2v) is 6.74. The van der Waals surface area contributed by atoms with Crippen LogP contribution in [0.3, 0.4) is 0 Å². The summed E-state index contributed by atoms with van der Waals surface area (Å²) >= 11 is 1.45. The number of nitrogens with zero attached hydrogens (tertiary/aromatic N) is 2. The van der Waals surface area contributed by atoms with Crippen LogP contribution < -0.4 is 5.73 Å². The molecule has 1 amide bonds. The predicted molar refractivity (Wildman–Crippen MR) is 83.1 cm³/mol. The van der Waals surface area contributed by atoms with E-state index < -0.39 is 0 Å². The molecular weight excluding hydrogens is 270 g/mol. The Labute approximate surface area is 124 Å². The third-order valence-corrected chi connectivity index (χ3v) is 5.47. The number of thiophene rings is 1. The number of piperidine rings is 2. The molecule has 0 bridgehead atoms. The molecule has 20 heavy (non-hydrogen) atoms. The van der Waals surface area contributed by atoms with E-state index in [1.807, 2.05) is 16.3 Å². The van der Waals surface area contributed by atoms with E-state index in [1.54, 1.807) is 0 Å². The minimum absolute atomic E-state index is 0.120. The predicted octanol–water partition coefficient (Wildman–Crippen LogP) is 2.42. The van der Waals surface area contributed by atoms with Crippen molar-refractivity contribution in [2.75, 3.05) is 31.9 Å². The summed E-state index contributed by atoms with van der Waals surface area (Å²) in [5.41, 5.74) is 6.47. The standard InChI is InChI=1S/C15H23N3OS/c16-13-6-11-20-14(13)15(19)18-9-4-12(5-10-18)17-7-2-1-3-8-17/h6,11-12H,1-5,7-10,16H2. The highest BCUT2D eigenvalue weighted by atomic mass is 32.1. The number of nitrogen functional groups attached to an aromatic ring is 1. The van der Waals surface area contributed by atoms with Gasteiger partial charge in [-0.15, -0.1) is 11.3 Å². The zero-order valence-electron chi connectivity index (χ0n) is 11.9. The molecule has 0 atom stereocenters. The molecule has 4 nitrogen and oxygen atoms in total. The number of nitrogens with two attached hydrogens (primary N) is 1. The molecule has 1 aromatic heterocycles. The second kappa shape index (κ2) is 6.14. The van der Waals surface area contributed by atoms with E-state index >= 15 is 0 Å². The van der Waals surface area contributed by atoms with Gasteiger partial charge in [0.1, 0.15) is 4.88 Å². The average molecular weight is 293 g/mol. The van der Waals surface area contributed by atoms with Crippen molar-refractivity contribution in [1.29, 1.82) is 0 Å². The lowest BCUT2D eigenvalue weighted by atomic mass is 10.00. The second-order valence-electron chi connectivity index (χ2n) is 5.83. The molecule has 3 rings (SSSR count). The van der Waals surface area contributed by atoms with Gasteiger partial charge in [0.25, 0.3) is 5.91 Å². The highest BCUT2D eigenvalue weighted by molar-refractivity contribution is 7.12. The summed E-state index contributed by atoms with van der Waals surface area (Å²) in [6.45, 7) is 4.24. The molecule has 2 N–H and O–H groups in total. The summed E-state index contributed by atoms with van der Waals surface area (Å²) in [5, 5.41) is 1.89. The first-order chi connectivity index (χ1) is 9.75. The molecule has 5 heteroatoms. The Morgan fingerprint density at radius 2 is 1.85 bits per heavy atom. The maximum Gasteiger partial charge on any atom is 0.266 e. The zero-order chi connectivity index (χ0) is 13.9. The van der Waals surface area contributed by atoms with Gasteiger partial charge in [-0.3, -0.25) is 4.79 Å². The first-order valence-corrected chi connectivity index (χ1v) is 8.50. The number of carbonyl (C=O) groups is 1. The van der Waals surface area contributed by atoms with Gasteiger partial charge in [-0.05, 0) is 50.2 Å². The van der Waals surface area contributed by atoms with Gasteiger partial charge in [0.2, 0.25) is 0 Å². The monoisotopic (exact) mass is 293 g/mol. The van der Waals surface area contributed by atoms with Crippen LogP contribution in [-0.2, 0) is 0 Å². The fourth-order valence-corrected chi connectivity index (χ4v) is 4.14. The van der Waals surface area contributed by atoms with E-state index in [9.17, 15) is 4.79 Å². The first-order valence-electron chi connectivity index (χ1n) is 7.62. The lowest BCUT2D eigenvalue weighted by Gasteiger charge is -2.40. The van der Waals surface area contributed by atoms with Gasteiger partial charge >= 0.3 is 0 Å². The minimum Gasteiger partial charge on any atom is -0.397 e. The van der Waals surface area contributed by atoms with Crippen molar-refractivity contribution in [2.24, 2.45) is 0 Å². The normalized spacial score (nSPS) is 22.1. The van der Waals surface area contributed by atoms with Crippen molar-refractivity contribution < 1.29 is 4.79 Å². The van der Waals surface area contributed by atoms with Gasteiger partial charge in [0.15, 0.2) is 0 Å². The lowest BCUT2D eigenvalue weighted by Crippen LogP contribution is -2.48. The van der Waals surface area contributed by atoms with Crippen LogP contribution in [0.4, 0.5) is 5.69 Å². The SMILES string of the molecule is Nc1ccsc1C(=O)N1CCC(N2CCCCC2)CC1. The van der Waals surface area contributed by atoms with E-state index in [-0.39, 0.29) is 5.91 Å². The molecule has 2 aliphatic rings. The number of rotatable bonds is 2. The maximum atomic E-state index is 12.4. The summed E-state index contributed by atoms with van der Waals surface area (Å²) in [4.78, 5) is 17.7. The van der Waals surface area contributed by atoms with Crippen molar-refractivity contribution in [3.63, 3.8) is 0 Å². The van der Waals surface area contributed by atoms with Gasteiger partial charge < -0.3 is 15.5 Å². The maximum absolute atomic E-state index is 12.4. The van der Waals surface area contributed by atoms with Crippen molar-refractivity contribution in [3.05, 3.63) is 16.3 Å². The molecule has 0 aliphatic carbocycles. The van der Waals surface area contributed by atoms with Crippen LogP contribution in [0.5, 0.6) is 0 Å². The number of amides is 1. The largest absolute Gasteiger partial charge is 0.397 e. The highest BCUT2D eigenvalue weighted by Crippen LogP contribution is 2.25. The van der Waals surface area contributed by atoms with E-state index in [0.717, 1.165) is 25.9 Å². The van der Waals surface area contributed by atoms with Crippen LogP contribution in [0.1, 0.15) is 41.8 Å². The van der Waals surface area contributed by atoms with Crippen molar-refractivity contribution in [3.8, 4) is 0 Å². The molecule has 0 spiro atoms. The topological polar surface area (TPSA) is 49.6 Å². The Hall–Kier alpha value is -1.07. The Balaban J connectivity index is 1.55. The summed E-state index contributed by atoms with van der Waals surface area (Å²) in [5.74, 6) is 0.120. The highest BCUT2D eigenvalue weighted by Gasteiger charge is 2.28. The molecule has 0 unspecified atom stereocenters. The molecule has 0 radical (unpaired) electrons. The molecular formula is C15H23N3OS. The van der Waals surface area contributed by atoms with E-state index in [0.29, 0.717) is 16.6 Å². The van der Waals surface area contributed by atoms with Crippen molar-refractivity contribution in [1.82, 2.24) is 9.80 Å². The first kappa shape index (κ1) is 13.9. The quantitative estimate of drug-likeness (QED) is 0.911. The lowest BCUT2D eigenvalue weighted by molar-refractivity contribution is 0.0595. The third-order valence-electron chi connectivity index (χ3n) is 4.55. The smallest absolute Gasteiger partial charge is 0.266 e. The van der Waals surface area contributed by atoms with Crippen molar-refractivity contribution >= 4 is 22.9 Å². The molecule has 2 fully saturated rings. The molecule has 2 saturated heterocycles. The molecule has 0 aromatic carbocycles. The summed E-state index contributed by atoms with van der Waals surface area (Å²) in [6.07, 6.45) is 6.27. The van der Waals surface area contributed by atoms with E-state index in [4.69, 9.17) is 5.73 Å². The third kappa shape index (κ3) is 2.83. The van der Waals surface area contributed by atoms with Gasteiger partial charge in [-0.1, -0.05) is 6.42 Å². The Bertz CT molecular complexity index is 459. The minimum atomic E-state index is 0.120. The Morgan fingerprint density at radius 1 is 1.15 bits per heavy atom. The van der Waals surface area contributed by atoms with Crippen LogP contribution in [0.15, 0.2) is 11.4 Å². The van der Waals surface area contributed by atoms with Gasteiger partial charge in [-0.2, -0.15) is 0 Å². The van der Waals surface area contributed by atoms with Crippen LogP contribution in [-0.4, -0.2) is 47.9 Å². The molecule has 110 valence electrons. The summed E-state index contributed by atoms with van der Waals surface area (Å²) < 4.78 is 0. The van der Waals surface area contributed by atoms with Crippen molar-refractivity contribution in [2.45, 2.75) is 38.1 Å². The summed E-state index contributed by atoms with van der Waals surface area (Å²) in [6, 6.07) is 2.50. The number of hydrogen-bond donors (Lipinski definition) is 1. The van der Waals surface area contributed by atoms with Gasteiger partial charge in [-0.25, -0.2) is 0 Å². The van der Waals surface area contributed by atoms with E-state index in [1.165, 1.54) is 43.7 Å². The zero-order valence-corrected chi connectivity index (χ0v) is 12.7. The molecule has 3 heterocycles. The molecule has 0 saturated carbocycles. The summed E-state index contributed by atoms with van der Waals surface area (Å²) in [7, 11) is 0. The average Bonchev–Trinajstić information content (AvgIpc) is 2.94. The Kier molecular flexibility index (Phi) is 4.27. The van der Waals surface area contributed by atoms with Crippen LogP contribution in [0.25, 0.3) is 0 Å². The van der Waals surface area contributed by atoms with Gasteiger partial charge in [0.05, 0.1) is 5.69 Å². The van der Waals surface area contributed by atoms with Crippen LogP contribution in [0, 0.1) is 0 Å². The number of anilines is 1. The van der Waals surface area contributed by atoms with Crippen LogP contribution in [0.2, 0.25) is 0 Å². The van der Waals surface area contributed by atoms with Gasteiger partial charge in [0, 0.05) is 19.1 Å². The van der Waals surface area contributed by atoms with E-state index in [2.05, 4.69) is 4.90 Å². The fourth-order valence-electron chi connectivity index (χ4n) is 3.35.